The van der Waals surface area contributed by atoms with Crippen molar-refractivity contribution in [2.45, 2.75) is 39.1 Å². The molecule has 1 aliphatic heterocycles. The van der Waals surface area contributed by atoms with Crippen LogP contribution in [0.1, 0.15) is 37.9 Å². The predicted octanol–water partition coefficient (Wildman–Crippen LogP) is 4.79. The second kappa shape index (κ2) is 11.3. The van der Waals surface area contributed by atoms with Crippen LogP contribution in [-0.4, -0.2) is 36.5 Å². The van der Waals surface area contributed by atoms with Crippen molar-refractivity contribution in [3.8, 4) is 11.5 Å². The maximum atomic E-state index is 14.2. The lowest BCUT2D eigenvalue weighted by atomic mass is 9.95. The minimum atomic E-state index is -4.98. The van der Waals surface area contributed by atoms with Gasteiger partial charge in [0.15, 0.2) is 22.0 Å². The lowest BCUT2D eigenvalue weighted by Gasteiger charge is -2.26. The van der Waals surface area contributed by atoms with Crippen LogP contribution in [0.4, 0.5) is 13.2 Å². The molecule has 39 heavy (non-hydrogen) atoms. The number of methoxy groups -OCH3 is 1. The number of carbonyl (C=O) groups is 1. The Labute approximate surface area is 230 Å². The van der Waals surface area contributed by atoms with Crippen LogP contribution in [0.15, 0.2) is 63.5 Å². The summed E-state index contributed by atoms with van der Waals surface area (Å²) >= 11 is 6.77. The number of hydrogen-bond acceptors (Lipinski definition) is 7. The molecule has 12 heteroatoms. The molecule has 1 aliphatic rings. The summed E-state index contributed by atoms with van der Waals surface area (Å²) in [5, 5.41) is 0.336. The van der Waals surface area contributed by atoms with E-state index >= 15 is 0 Å². The van der Waals surface area contributed by atoms with Gasteiger partial charge in [-0.3, -0.25) is 9.36 Å². The Balaban J connectivity index is 1.97. The highest BCUT2D eigenvalue weighted by Gasteiger charge is 2.45. The SMILES string of the molecule is CCOC(=O)C1=C(C(F)(F)F)N=c2s/c(=C\c3ccc(OC(C)C)c(OC)c3)c(=O)n2[C@H]1c1ccc(Cl)cc1. The molecule has 0 aliphatic carbocycles. The quantitative estimate of drug-likeness (QED) is 0.376. The molecule has 206 valence electrons. The Morgan fingerprint density at radius 1 is 1.18 bits per heavy atom. The summed E-state index contributed by atoms with van der Waals surface area (Å²) in [5.41, 5.74) is -2.02. The first-order valence-corrected chi connectivity index (χ1v) is 13.0. The Morgan fingerprint density at radius 3 is 2.46 bits per heavy atom. The van der Waals surface area contributed by atoms with Gasteiger partial charge in [0.1, 0.15) is 0 Å². The lowest BCUT2D eigenvalue weighted by Crippen LogP contribution is -2.41. The molecule has 7 nitrogen and oxygen atoms in total. The number of carbonyl (C=O) groups excluding carboxylic acids is 1. The van der Waals surface area contributed by atoms with Crippen LogP contribution in [0.2, 0.25) is 5.02 Å². The molecule has 0 saturated heterocycles. The van der Waals surface area contributed by atoms with Crippen molar-refractivity contribution in [3.05, 3.63) is 89.6 Å². The smallest absolute Gasteiger partial charge is 0.434 e. The van der Waals surface area contributed by atoms with Gasteiger partial charge < -0.3 is 14.2 Å². The van der Waals surface area contributed by atoms with Gasteiger partial charge in [-0.2, -0.15) is 13.2 Å². The summed E-state index contributed by atoms with van der Waals surface area (Å²) in [6, 6.07) is 9.44. The van der Waals surface area contributed by atoms with Crippen LogP contribution in [0.3, 0.4) is 0 Å². The fraction of sp³-hybridized carbons (Fsp3) is 0.296. The van der Waals surface area contributed by atoms with Gasteiger partial charge in [0.05, 0.1) is 36.0 Å². The molecule has 1 atom stereocenters. The summed E-state index contributed by atoms with van der Waals surface area (Å²) in [6.07, 6.45) is -3.56. The van der Waals surface area contributed by atoms with Crippen molar-refractivity contribution in [1.82, 2.24) is 4.57 Å². The number of fused-ring (bicyclic) bond motifs is 1. The standard InChI is InChI=1S/C27H24ClF3N2O5S/c1-5-37-25(35)21-22(16-7-9-17(28)10-8-16)33-24(34)20(39-26(33)32-23(21)27(29,30)31)13-15-6-11-18(38-14(2)3)19(12-15)36-4/h6-14,22H,5H2,1-4H3/b20-13-/t22-/m0/s1. The van der Waals surface area contributed by atoms with Crippen LogP contribution in [-0.2, 0) is 9.53 Å². The molecular formula is C27H24ClF3N2O5S. The Bertz CT molecular complexity index is 1610. The van der Waals surface area contributed by atoms with Gasteiger partial charge in [-0.25, -0.2) is 9.79 Å². The highest BCUT2D eigenvalue weighted by atomic mass is 35.5. The summed E-state index contributed by atoms with van der Waals surface area (Å²) in [6.45, 7) is 5.05. The number of ether oxygens (including phenoxy) is 3. The van der Waals surface area contributed by atoms with Gasteiger partial charge in [0.25, 0.3) is 5.56 Å². The largest absolute Gasteiger partial charge is 0.493 e. The van der Waals surface area contributed by atoms with Crippen molar-refractivity contribution in [2.75, 3.05) is 13.7 Å². The Morgan fingerprint density at radius 2 is 1.87 bits per heavy atom. The van der Waals surface area contributed by atoms with E-state index in [1.807, 2.05) is 13.8 Å². The molecule has 0 N–H and O–H groups in total. The molecule has 0 fully saturated rings. The number of nitrogens with zero attached hydrogens (tertiary/aromatic N) is 2. The number of halogens is 4. The topological polar surface area (TPSA) is 79.1 Å². The molecule has 2 aromatic carbocycles. The zero-order chi connectivity index (χ0) is 28.5. The fourth-order valence-corrected chi connectivity index (χ4v) is 5.20. The number of rotatable bonds is 7. The van der Waals surface area contributed by atoms with Crippen molar-refractivity contribution in [1.29, 1.82) is 0 Å². The van der Waals surface area contributed by atoms with Crippen LogP contribution >= 0.6 is 22.9 Å². The van der Waals surface area contributed by atoms with Gasteiger partial charge in [-0.05, 0) is 62.2 Å². The maximum absolute atomic E-state index is 14.2. The number of alkyl halides is 3. The van der Waals surface area contributed by atoms with E-state index in [-0.39, 0.29) is 27.6 Å². The van der Waals surface area contributed by atoms with Crippen LogP contribution in [0.5, 0.6) is 11.5 Å². The predicted molar refractivity (Wildman–Crippen MR) is 141 cm³/mol. The molecule has 0 spiro atoms. The first-order valence-electron chi connectivity index (χ1n) is 11.8. The highest BCUT2D eigenvalue weighted by molar-refractivity contribution is 7.07. The number of esters is 1. The average molecular weight is 581 g/mol. The van der Waals surface area contributed by atoms with Crippen LogP contribution in [0, 0.1) is 0 Å². The van der Waals surface area contributed by atoms with Crippen molar-refractivity contribution in [2.24, 2.45) is 4.99 Å². The maximum Gasteiger partial charge on any atom is 0.434 e. The number of benzene rings is 2. The minimum absolute atomic E-state index is 0.0993. The van der Waals surface area contributed by atoms with E-state index in [4.69, 9.17) is 25.8 Å². The fourth-order valence-electron chi connectivity index (χ4n) is 4.08. The van der Waals surface area contributed by atoms with Gasteiger partial charge in [0.2, 0.25) is 0 Å². The van der Waals surface area contributed by atoms with E-state index in [9.17, 15) is 22.8 Å². The molecule has 1 aromatic heterocycles. The second-order valence-corrected chi connectivity index (χ2v) is 10.1. The Kier molecular flexibility index (Phi) is 8.22. The molecule has 0 saturated carbocycles. The second-order valence-electron chi connectivity index (χ2n) is 8.69. The third-order valence-corrected chi connectivity index (χ3v) is 6.86. The lowest BCUT2D eigenvalue weighted by molar-refractivity contribution is -0.140. The van der Waals surface area contributed by atoms with Gasteiger partial charge >= 0.3 is 12.1 Å². The van der Waals surface area contributed by atoms with Gasteiger partial charge in [-0.1, -0.05) is 41.1 Å². The van der Waals surface area contributed by atoms with Crippen molar-refractivity contribution in [3.63, 3.8) is 0 Å². The van der Waals surface area contributed by atoms with Crippen molar-refractivity contribution < 1.29 is 32.2 Å². The normalized spacial score (nSPS) is 15.7. The van der Waals surface area contributed by atoms with Crippen molar-refractivity contribution >= 4 is 35.0 Å². The van der Waals surface area contributed by atoms with Gasteiger partial charge in [0, 0.05) is 5.02 Å². The third-order valence-electron chi connectivity index (χ3n) is 5.63. The van der Waals surface area contributed by atoms with E-state index < -0.39 is 35.0 Å². The highest BCUT2D eigenvalue weighted by Crippen LogP contribution is 2.38. The van der Waals surface area contributed by atoms with E-state index in [1.54, 1.807) is 18.2 Å². The first kappa shape index (κ1) is 28.4. The zero-order valence-corrected chi connectivity index (χ0v) is 22.9. The van der Waals surface area contributed by atoms with Crippen LogP contribution in [0.25, 0.3) is 6.08 Å². The number of thiazole rings is 1. The summed E-state index contributed by atoms with van der Waals surface area (Å²) in [4.78, 5) is 30.1. The number of aromatic nitrogens is 1. The molecular weight excluding hydrogens is 557 g/mol. The molecule has 0 radical (unpaired) electrons. The minimum Gasteiger partial charge on any atom is -0.493 e. The molecule has 3 aromatic rings. The summed E-state index contributed by atoms with van der Waals surface area (Å²) < 4.78 is 59.9. The average Bonchev–Trinajstić information content (AvgIpc) is 3.18. The summed E-state index contributed by atoms with van der Waals surface area (Å²) in [5.74, 6) is -0.288. The monoisotopic (exact) mass is 580 g/mol. The van der Waals surface area contributed by atoms with E-state index in [0.717, 1.165) is 15.9 Å². The van der Waals surface area contributed by atoms with E-state index in [0.29, 0.717) is 22.1 Å². The first-order chi connectivity index (χ1) is 18.4. The summed E-state index contributed by atoms with van der Waals surface area (Å²) in [7, 11) is 1.47. The number of hydrogen-bond donors (Lipinski definition) is 0. The molecule has 0 unspecified atom stereocenters. The van der Waals surface area contributed by atoms with Gasteiger partial charge in [-0.15, -0.1) is 0 Å². The zero-order valence-electron chi connectivity index (χ0n) is 21.3. The number of allylic oxidation sites excluding steroid dienone is 1. The molecule has 0 amide bonds. The van der Waals surface area contributed by atoms with Crippen LogP contribution < -0.4 is 24.4 Å². The molecule has 2 heterocycles. The third kappa shape index (κ3) is 5.89. The Hall–Kier alpha value is -3.57. The molecule has 0 bridgehead atoms. The van der Waals surface area contributed by atoms with E-state index in [1.165, 1.54) is 44.4 Å². The van der Waals surface area contributed by atoms with E-state index in [2.05, 4.69) is 4.99 Å². The molecule has 4 rings (SSSR count).